The van der Waals surface area contributed by atoms with Crippen LogP contribution in [0.25, 0.3) is 10.9 Å². The largest absolute Gasteiger partial charge is 0.265 e. The van der Waals surface area contributed by atoms with Gasteiger partial charge in [0, 0.05) is 24.0 Å². The third kappa shape index (κ3) is 3.44. The maximum atomic E-state index is 13.7. The number of hydrogen-bond donors (Lipinski definition) is 0. The van der Waals surface area contributed by atoms with Crippen LogP contribution >= 0.6 is 11.6 Å². The van der Waals surface area contributed by atoms with E-state index >= 15 is 0 Å². The van der Waals surface area contributed by atoms with Crippen LogP contribution in [0.2, 0.25) is 5.02 Å². The molecule has 0 fully saturated rings. The summed E-state index contributed by atoms with van der Waals surface area (Å²) in [5.41, 5.74) is 1.87. The molecule has 2 aromatic carbocycles. The van der Waals surface area contributed by atoms with Gasteiger partial charge in [0.05, 0.1) is 27.7 Å². The van der Waals surface area contributed by atoms with Crippen molar-refractivity contribution < 1.29 is 8.42 Å². The Hall–Kier alpha value is -2.96. The van der Waals surface area contributed by atoms with Gasteiger partial charge in [-0.05, 0) is 42.0 Å². The molecule has 0 atom stereocenters. The van der Waals surface area contributed by atoms with E-state index in [1.807, 2.05) is 30.3 Å². The molecule has 0 spiro atoms. The summed E-state index contributed by atoms with van der Waals surface area (Å²) in [6.45, 7) is 0.192. The number of halogens is 1. The second-order valence-corrected chi connectivity index (χ2v) is 8.39. The molecule has 0 aliphatic carbocycles. The molecule has 4 rings (SSSR count). The normalized spacial score (nSPS) is 11.5. The highest BCUT2D eigenvalue weighted by Gasteiger charge is 2.27. The first-order valence-electron chi connectivity index (χ1n) is 8.57. The van der Waals surface area contributed by atoms with Crippen LogP contribution in [0.5, 0.6) is 0 Å². The van der Waals surface area contributed by atoms with Crippen LogP contribution in [0, 0.1) is 0 Å². The van der Waals surface area contributed by atoms with Gasteiger partial charge in [-0.15, -0.1) is 0 Å². The molecule has 0 aliphatic heterocycles. The van der Waals surface area contributed by atoms with Crippen molar-refractivity contribution in [3.63, 3.8) is 0 Å². The average molecular weight is 410 g/mol. The quantitative estimate of drug-likeness (QED) is 0.480. The van der Waals surface area contributed by atoms with E-state index in [4.69, 9.17) is 11.6 Å². The third-order valence-electron chi connectivity index (χ3n) is 4.37. The van der Waals surface area contributed by atoms with E-state index < -0.39 is 10.0 Å². The van der Waals surface area contributed by atoms with Gasteiger partial charge in [0.1, 0.15) is 0 Å². The van der Waals surface area contributed by atoms with Gasteiger partial charge >= 0.3 is 0 Å². The van der Waals surface area contributed by atoms with E-state index in [9.17, 15) is 8.42 Å². The molecule has 28 heavy (non-hydrogen) atoms. The van der Waals surface area contributed by atoms with E-state index in [2.05, 4.69) is 9.97 Å². The molecule has 0 radical (unpaired) electrons. The Kier molecular flexibility index (Phi) is 4.98. The molecule has 0 bridgehead atoms. The first kappa shape index (κ1) is 18.4. The molecule has 4 aromatic rings. The molecule has 7 heteroatoms. The predicted octanol–water partition coefficient (Wildman–Crippen LogP) is 4.68. The summed E-state index contributed by atoms with van der Waals surface area (Å²) in [7, 11) is -3.89. The fraction of sp³-hybridized carbons (Fsp3) is 0.0476. The summed E-state index contributed by atoms with van der Waals surface area (Å²) in [6.07, 6.45) is 4.74. The molecule has 140 valence electrons. The topological polar surface area (TPSA) is 63.2 Å². The fourth-order valence-corrected chi connectivity index (χ4v) is 4.88. The molecule has 5 nitrogen and oxygen atoms in total. The number of benzene rings is 2. The molecule has 2 aromatic heterocycles. The highest BCUT2D eigenvalue weighted by molar-refractivity contribution is 7.93. The van der Waals surface area contributed by atoms with Crippen LogP contribution < -0.4 is 4.31 Å². The highest BCUT2D eigenvalue weighted by Crippen LogP contribution is 2.32. The van der Waals surface area contributed by atoms with Gasteiger partial charge in [-0.2, -0.15) is 0 Å². The van der Waals surface area contributed by atoms with Crippen molar-refractivity contribution in [2.45, 2.75) is 11.4 Å². The second kappa shape index (κ2) is 7.58. The van der Waals surface area contributed by atoms with Gasteiger partial charge in [-0.1, -0.05) is 41.9 Å². The molecular weight excluding hydrogens is 394 g/mol. The van der Waals surface area contributed by atoms with Gasteiger partial charge < -0.3 is 0 Å². The van der Waals surface area contributed by atoms with Gasteiger partial charge in [0.15, 0.2) is 0 Å². The number of pyridine rings is 2. The SMILES string of the molecule is O=S(=O)(c1ccc(Cl)c2ncccc12)N(Cc1ccccc1)c1ccncc1. The predicted molar refractivity (Wildman–Crippen MR) is 111 cm³/mol. The summed E-state index contributed by atoms with van der Waals surface area (Å²) in [6, 6.07) is 19.3. The number of anilines is 1. The first-order chi connectivity index (χ1) is 13.6. The second-order valence-electron chi connectivity index (χ2n) is 6.15. The highest BCUT2D eigenvalue weighted by atomic mass is 35.5. The van der Waals surface area contributed by atoms with E-state index in [0.717, 1.165) is 5.56 Å². The molecule has 0 N–H and O–H groups in total. The zero-order valence-electron chi connectivity index (χ0n) is 14.7. The van der Waals surface area contributed by atoms with Crippen LogP contribution in [0.15, 0.2) is 90.2 Å². The summed E-state index contributed by atoms with van der Waals surface area (Å²) in [5, 5.41) is 0.898. The average Bonchev–Trinajstić information content (AvgIpc) is 2.73. The van der Waals surface area contributed by atoms with Crippen molar-refractivity contribution in [1.82, 2.24) is 9.97 Å². The van der Waals surface area contributed by atoms with E-state index in [1.54, 1.807) is 48.9 Å². The van der Waals surface area contributed by atoms with Crippen LogP contribution in [0.4, 0.5) is 5.69 Å². The van der Waals surface area contributed by atoms with Gasteiger partial charge in [0.25, 0.3) is 10.0 Å². The van der Waals surface area contributed by atoms with Gasteiger partial charge in [-0.25, -0.2) is 8.42 Å². The summed E-state index contributed by atoms with van der Waals surface area (Å²) in [5.74, 6) is 0. The summed E-state index contributed by atoms with van der Waals surface area (Å²) in [4.78, 5) is 8.41. The number of rotatable bonds is 5. The Labute approximate surface area is 168 Å². The molecule has 0 saturated heterocycles. The fourth-order valence-electron chi connectivity index (χ4n) is 3.03. The Morgan fingerprint density at radius 3 is 2.36 bits per heavy atom. The van der Waals surface area contributed by atoms with Crippen molar-refractivity contribution in [3.05, 3.63) is 95.9 Å². The number of hydrogen-bond acceptors (Lipinski definition) is 4. The third-order valence-corrected chi connectivity index (χ3v) is 6.51. The van der Waals surface area contributed by atoms with Crippen molar-refractivity contribution in [1.29, 1.82) is 0 Å². The number of fused-ring (bicyclic) bond motifs is 1. The smallest absolute Gasteiger partial charge is 0.265 e. The minimum absolute atomic E-state index is 0.160. The molecule has 0 amide bonds. The minimum atomic E-state index is -3.89. The van der Waals surface area contributed by atoms with Crippen LogP contribution in [-0.4, -0.2) is 18.4 Å². The number of nitrogens with zero attached hydrogens (tertiary/aromatic N) is 3. The summed E-state index contributed by atoms with van der Waals surface area (Å²) >= 11 is 6.23. The molecule has 0 aliphatic rings. The lowest BCUT2D eigenvalue weighted by molar-refractivity contribution is 0.591. The van der Waals surface area contributed by atoms with Crippen molar-refractivity contribution >= 4 is 38.2 Å². The van der Waals surface area contributed by atoms with Crippen LogP contribution in [-0.2, 0) is 16.6 Å². The Morgan fingerprint density at radius 1 is 0.857 bits per heavy atom. The monoisotopic (exact) mass is 409 g/mol. The number of sulfonamides is 1. The van der Waals surface area contributed by atoms with E-state index in [-0.39, 0.29) is 11.4 Å². The lowest BCUT2D eigenvalue weighted by atomic mass is 10.2. The maximum Gasteiger partial charge on any atom is 0.265 e. The number of aromatic nitrogens is 2. The molecule has 0 saturated carbocycles. The van der Waals surface area contributed by atoms with Gasteiger partial charge in [0.2, 0.25) is 0 Å². The van der Waals surface area contributed by atoms with Crippen LogP contribution in [0.3, 0.4) is 0 Å². The zero-order chi connectivity index (χ0) is 19.6. The first-order valence-corrected chi connectivity index (χ1v) is 10.4. The molecular formula is C21H16ClN3O2S. The Bertz CT molecular complexity index is 1220. The Morgan fingerprint density at radius 2 is 1.61 bits per heavy atom. The van der Waals surface area contributed by atoms with E-state index in [1.165, 1.54) is 10.4 Å². The standard InChI is InChI=1S/C21H16ClN3O2S/c22-19-8-9-20(18-7-4-12-24-21(18)19)28(26,27)25(17-10-13-23-14-11-17)15-16-5-2-1-3-6-16/h1-14H,15H2. The molecule has 0 unspecified atom stereocenters. The lowest BCUT2D eigenvalue weighted by Crippen LogP contribution is -2.30. The zero-order valence-corrected chi connectivity index (χ0v) is 16.3. The van der Waals surface area contributed by atoms with Crippen molar-refractivity contribution in [3.8, 4) is 0 Å². The molecule has 2 heterocycles. The van der Waals surface area contributed by atoms with Crippen molar-refractivity contribution in [2.24, 2.45) is 0 Å². The minimum Gasteiger partial charge on any atom is -0.265 e. The van der Waals surface area contributed by atoms with E-state index in [0.29, 0.717) is 21.6 Å². The summed E-state index contributed by atoms with van der Waals surface area (Å²) < 4.78 is 28.8. The van der Waals surface area contributed by atoms with Crippen LogP contribution in [0.1, 0.15) is 5.56 Å². The maximum absolute atomic E-state index is 13.7. The van der Waals surface area contributed by atoms with Crippen molar-refractivity contribution in [2.75, 3.05) is 4.31 Å². The Balaban J connectivity index is 1.90. The van der Waals surface area contributed by atoms with Gasteiger partial charge in [-0.3, -0.25) is 14.3 Å². The lowest BCUT2D eigenvalue weighted by Gasteiger charge is -2.25.